The fraction of sp³-hybridized carbons (Fsp3) is 0.167. The molecule has 1 N–H and O–H groups in total. The van der Waals surface area contributed by atoms with Crippen molar-refractivity contribution in [2.45, 2.75) is 18.9 Å². The van der Waals surface area contributed by atoms with Crippen LogP contribution in [0.25, 0.3) is 22.2 Å². The van der Waals surface area contributed by atoms with Gasteiger partial charge in [0.15, 0.2) is 11.5 Å². The lowest BCUT2D eigenvalue weighted by molar-refractivity contribution is 0.102. The largest absolute Gasteiger partial charge is 0.493 e. The molecular weight excluding hydrogens is 529 g/mol. The number of fused-ring (bicyclic) bond motifs is 1. The Balaban J connectivity index is 1.24. The summed E-state index contributed by atoms with van der Waals surface area (Å²) in [4.78, 5) is 35.1. The minimum absolute atomic E-state index is 0.0702. The number of rotatable bonds is 8. The van der Waals surface area contributed by atoms with Crippen molar-refractivity contribution in [3.8, 4) is 34.4 Å². The average molecular weight is 554 g/mol. The molecule has 1 aliphatic carbocycles. The van der Waals surface area contributed by atoms with E-state index in [-0.39, 0.29) is 23.2 Å². The highest BCUT2D eigenvalue weighted by Gasteiger charge is 2.27. The highest BCUT2D eigenvalue weighted by atomic mass is 19.1. The van der Waals surface area contributed by atoms with E-state index < -0.39 is 17.2 Å². The molecule has 41 heavy (non-hydrogen) atoms. The number of benzene rings is 2. The fourth-order valence-electron chi connectivity index (χ4n) is 4.35. The Hall–Kier alpha value is -5.32. The first kappa shape index (κ1) is 25.9. The number of anilines is 1. The first-order valence-electron chi connectivity index (χ1n) is 12.8. The molecule has 6 rings (SSSR count). The van der Waals surface area contributed by atoms with Gasteiger partial charge in [-0.25, -0.2) is 9.37 Å². The molecule has 0 saturated heterocycles. The molecule has 1 fully saturated rings. The lowest BCUT2D eigenvalue weighted by Crippen LogP contribution is -2.26. The van der Waals surface area contributed by atoms with Crippen LogP contribution in [0.1, 0.15) is 29.2 Å². The Bertz CT molecular complexity index is 1820. The van der Waals surface area contributed by atoms with Crippen LogP contribution in [0.3, 0.4) is 0 Å². The van der Waals surface area contributed by atoms with Crippen LogP contribution in [0.5, 0.6) is 23.1 Å². The van der Waals surface area contributed by atoms with E-state index in [1.165, 1.54) is 36.7 Å². The molecule has 0 spiro atoms. The predicted molar refractivity (Wildman–Crippen MR) is 149 cm³/mol. The summed E-state index contributed by atoms with van der Waals surface area (Å²) < 4.78 is 31.8. The summed E-state index contributed by atoms with van der Waals surface area (Å²) in [6, 6.07) is 14.0. The molecule has 10 nitrogen and oxygen atoms in total. The second-order valence-corrected chi connectivity index (χ2v) is 9.41. The molecule has 0 unspecified atom stereocenters. The number of halogens is 1. The van der Waals surface area contributed by atoms with Crippen LogP contribution < -0.4 is 25.0 Å². The minimum Gasteiger partial charge on any atom is -0.493 e. The van der Waals surface area contributed by atoms with Gasteiger partial charge in [-0.2, -0.15) is 5.10 Å². The van der Waals surface area contributed by atoms with E-state index in [1.807, 2.05) is 0 Å². The van der Waals surface area contributed by atoms with Gasteiger partial charge in [0.1, 0.15) is 22.8 Å². The summed E-state index contributed by atoms with van der Waals surface area (Å²) in [6.07, 6.45) is 6.31. The number of pyridine rings is 2. The molecule has 1 saturated carbocycles. The van der Waals surface area contributed by atoms with Crippen LogP contribution in [0.2, 0.25) is 0 Å². The van der Waals surface area contributed by atoms with Crippen molar-refractivity contribution in [2.24, 2.45) is 0 Å². The average Bonchev–Trinajstić information content (AvgIpc) is 3.84. The SMILES string of the molecule is COc1cc2nccc(Oc3ccc(NC(=O)c4cn(C5CC5)nc(-c5ccc(F)cc5)c4=O)cn3)c2cc1OC. The summed E-state index contributed by atoms with van der Waals surface area (Å²) in [5, 5.41) is 7.85. The topological polar surface area (TPSA) is 117 Å². The molecule has 0 atom stereocenters. The van der Waals surface area contributed by atoms with Crippen molar-refractivity contribution in [2.75, 3.05) is 19.5 Å². The van der Waals surface area contributed by atoms with E-state index >= 15 is 0 Å². The number of nitrogens with zero attached hydrogens (tertiary/aromatic N) is 4. The standard InChI is InChI=1S/C30H24FN5O5/c1-39-25-13-21-23(14-26(25)40-2)32-12-11-24(21)41-27-10-7-19(15-33-27)34-30(38)22-16-36(20-8-9-20)35-28(29(22)37)17-3-5-18(31)6-4-17/h3-7,10-16,20H,8-9H2,1-2H3,(H,34,38). The Kier molecular flexibility index (Phi) is 6.76. The molecule has 0 radical (unpaired) electrons. The van der Waals surface area contributed by atoms with Crippen molar-refractivity contribution in [1.29, 1.82) is 0 Å². The summed E-state index contributed by atoms with van der Waals surface area (Å²) in [6.45, 7) is 0. The summed E-state index contributed by atoms with van der Waals surface area (Å²) in [5.41, 5.74) is 0.924. The van der Waals surface area contributed by atoms with Gasteiger partial charge in [0.05, 0.1) is 37.7 Å². The van der Waals surface area contributed by atoms with Gasteiger partial charge in [-0.15, -0.1) is 0 Å². The number of hydrogen-bond donors (Lipinski definition) is 1. The number of amides is 1. The lowest BCUT2D eigenvalue weighted by Gasteiger charge is -2.12. The molecule has 1 aliphatic rings. The van der Waals surface area contributed by atoms with Crippen LogP contribution in [0, 0.1) is 5.82 Å². The number of carbonyl (C=O) groups is 1. The molecule has 3 aromatic heterocycles. The smallest absolute Gasteiger partial charge is 0.261 e. The van der Waals surface area contributed by atoms with Crippen molar-refractivity contribution < 1.29 is 23.4 Å². The van der Waals surface area contributed by atoms with E-state index in [0.717, 1.165) is 12.8 Å². The van der Waals surface area contributed by atoms with Crippen molar-refractivity contribution in [1.82, 2.24) is 19.7 Å². The second kappa shape index (κ2) is 10.7. The van der Waals surface area contributed by atoms with Crippen LogP contribution in [-0.4, -0.2) is 39.9 Å². The van der Waals surface area contributed by atoms with Crippen LogP contribution in [0.15, 0.2) is 78.0 Å². The number of hydrogen-bond acceptors (Lipinski definition) is 8. The number of methoxy groups -OCH3 is 2. The van der Waals surface area contributed by atoms with E-state index in [0.29, 0.717) is 39.4 Å². The van der Waals surface area contributed by atoms with Crippen LogP contribution in [0.4, 0.5) is 10.1 Å². The van der Waals surface area contributed by atoms with Crippen LogP contribution in [-0.2, 0) is 0 Å². The molecule has 3 heterocycles. The van der Waals surface area contributed by atoms with Crippen molar-refractivity contribution >= 4 is 22.5 Å². The molecular formula is C30H24FN5O5. The van der Waals surface area contributed by atoms with E-state index in [2.05, 4.69) is 20.4 Å². The monoisotopic (exact) mass is 553 g/mol. The zero-order chi connectivity index (χ0) is 28.5. The van der Waals surface area contributed by atoms with Gasteiger partial charge in [-0.3, -0.25) is 19.3 Å². The van der Waals surface area contributed by atoms with E-state index in [4.69, 9.17) is 14.2 Å². The number of nitrogens with one attached hydrogen (secondary N) is 1. The third-order valence-electron chi connectivity index (χ3n) is 6.64. The van der Waals surface area contributed by atoms with Gasteiger partial charge in [0, 0.05) is 35.5 Å². The quantitative estimate of drug-likeness (QED) is 0.272. The lowest BCUT2D eigenvalue weighted by atomic mass is 10.1. The summed E-state index contributed by atoms with van der Waals surface area (Å²) in [5.74, 6) is 0.831. The van der Waals surface area contributed by atoms with E-state index in [1.54, 1.807) is 55.4 Å². The minimum atomic E-state index is -0.605. The Morgan fingerprint density at radius 3 is 2.41 bits per heavy atom. The maximum atomic E-state index is 13.5. The predicted octanol–water partition coefficient (Wildman–Crippen LogP) is 5.39. The molecule has 11 heteroatoms. The normalized spacial score (nSPS) is 12.7. The molecule has 0 bridgehead atoms. The van der Waals surface area contributed by atoms with Crippen molar-refractivity contribution in [3.05, 3.63) is 94.8 Å². The third kappa shape index (κ3) is 5.29. The van der Waals surface area contributed by atoms with Crippen molar-refractivity contribution in [3.63, 3.8) is 0 Å². The molecule has 5 aromatic rings. The fourth-order valence-corrected chi connectivity index (χ4v) is 4.35. The van der Waals surface area contributed by atoms with Gasteiger partial charge < -0.3 is 19.5 Å². The summed E-state index contributed by atoms with van der Waals surface area (Å²) >= 11 is 0. The van der Waals surface area contributed by atoms with Crippen LogP contribution >= 0.6 is 0 Å². The maximum Gasteiger partial charge on any atom is 0.261 e. The van der Waals surface area contributed by atoms with E-state index in [9.17, 15) is 14.0 Å². The second-order valence-electron chi connectivity index (χ2n) is 9.41. The zero-order valence-electron chi connectivity index (χ0n) is 22.1. The first-order valence-corrected chi connectivity index (χ1v) is 12.8. The van der Waals surface area contributed by atoms with Gasteiger partial charge in [0.2, 0.25) is 11.3 Å². The molecule has 206 valence electrons. The van der Waals surface area contributed by atoms with Gasteiger partial charge in [-0.05, 0) is 55.3 Å². The Morgan fingerprint density at radius 1 is 0.976 bits per heavy atom. The zero-order valence-corrected chi connectivity index (χ0v) is 22.1. The first-order chi connectivity index (χ1) is 19.9. The number of carbonyl (C=O) groups excluding carboxylic acids is 1. The highest BCUT2D eigenvalue weighted by molar-refractivity contribution is 6.04. The Morgan fingerprint density at radius 2 is 1.73 bits per heavy atom. The summed E-state index contributed by atoms with van der Waals surface area (Å²) in [7, 11) is 3.10. The molecule has 1 amide bonds. The molecule has 2 aromatic carbocycles. The number of ether oxygens (including phenoxy) is 3. The van der Waals surface area contributed by atoms with Gasteiger partial charge >= 0.3 is 0 Å². The third-order valence-corrected chi connectivity index (χ3v) is 6.64. The van der Waals surface area contributed by atoms with Gasteiger partial charge in [-0.1, -0.05) is 0 Å². The maximum absolute atomic E-state index is 13.5. The van der Waals surface area contributed by atoms with Gasteiger partial charge in [0.25, 0.3) is 5.91 Å². The Labute approximate surface area is 233 Å². The highest BCUT2D eigenvalue weighted by Crippen LogP contribution is 2.37. The number of aromatic nitrogens is 4. The molecule has 0 aliphatic heterocycles.